The van der Waals surface area contributed by atoms with Crippen LogP contribution in [0, 0.1) is 6.92 Å². The number of carbonyl (C=O) groups is 1. The molecule has 0 saturated carbocycles. The summed E-state index contributed by atoms with van der Waals surface area (Å²) in [4.78, 5) is 21.7. The third-order valence-corrected chi connectivity index (χ3v) is 4.03. The number of aliphatic carboxylic acids is 1. The highest BCUT2D eigenvalue weighted by molar-refractivity contribution is 5.68. The van der Waals surface area contributed by atoms with Crippen LogP contribution < -0.4 is 10.6 Å². The fourth-order valence-electron chi connectivity index (χ4n) is 2.94. The van der Waals surface area contributed by atoms with Crippen LogP contribution in [0.4, 0.5) is 11.8 Å². The van der Waals surface area contributed by atoms with Crippen molar-refractivity contribution in [3.8, 4) is 0 Å². The molecule has 1 saturated heterocycles. The number of hydrogen-bond donors (Lipinski definition) is 2. The molecule has 2 rings (SSSR count). The predicted molar refractivity (Wildman–Crippen MR) is 88.6 cm³/mol. The van der Waals surface area contributed by atoms with Crippen LogP contribution >= 0.6 is 0 Å². The number of aryl methyl sites for hydroxylation is 1. The summed E-state index contributed by atoms with van der Waals surface area (Å²) in [7, 11) is 0. The molecule has 1 fully saturated rings. The number of anilines is 2. The van der Waals surface area contributed by atoms with Crippen LogP contribution in [0.1, 0.15) is 43.9 Å². The Morgan fingerprint density at radius 2 is 2.26 bits per heavy atom. The third-order valence-electron chi connectivity index (χ3n) is 4.03. The number of nitrogens with two attached hydrogens (primary N) is 1. The zero-order valence-electron chi connectivity index (χ0n) is 13.9. The second kappa shape index (κ2) is 8.10. The minimum Gasteiger partial charge on any atom is -0.481 e. The molecule has 7 heteroatoms. The van der Waals surface area contributed by atoms with Gasteiger partial charge in [0.2, 0.25) is 5.95 Å². The lowest BCUT2D eigenvalue weighted by Gasteiger charge is -2.34. The van der Waals surface area contributed by atoms with E-state index in [1.807, 2.05) is 6.92 Å². The summed E-state index contributed by atoms with van der Waals surface area (Å²) in [5.41, 5.74) is 7.44. The second-order valence-electron chi connectivity index (χ2n) is 5.94. The fourth-order valence-corrected chi connectivity index (χ4v) is 2.94. The topological polar surface area (TPSA) is 102 Å². The Hall–Kier alpha value is -1.89. The highest BCUT2D eigenvalue weighted by Crippen LogP contribution is 2.27. The van der Waals surface area contributed by atoms with E-state index < -0.39 is 5.97 Å². The van der Waals surface area contributed by atoms with Crippen LogP contribution in [0.5, 0.6) is 0 Å². The first-order chi connectivity index (χ1) is 11.0. The standard InChI is InChI=1S/C16H26N4O3/c1-3-9-23-12-5-4-8-20(10-12)15-13(6-7-14(21)22)11(2)18-16(17)19-15/h12H,3-10H2,1-2H3,(H,21,22)(H2,17,18,19). The van der Waals surface area contributed by atoms with Crippen LogP contribution in [0.2, 0.25) is 0 Å². The van der Waals surface area contributed by atoms with Crippen molar-refractivity contribution in [1.29, 1.82) is 0 Å². The molecule has 0 aromatic carbocycles. The lowest BCUT2D eigenvalue weighted by atomic mass is 10.0. The van der Waals surface area contributed by atoms with Crippen molar-refractivity contribution in [1.82, 2.24) is 9.97 Å². The van der Waals surface area contributed by atoms with Gasteiger partial charge in [-0.05, 0) is 32.6 Å². The monoisotopic (exact) mass is 322 g/mol. The summed E-state index contributed by atoms with van der Waals surface area (Å²) < 4.78 is 5.87. The zero-order chi connectivity index (χ0) is 16.8. The first-order valence-corrected chi connectivity index (χ1v) is 8.22. The first kappa shape index (κ1) is 17.5. The highest BCUT2D eigenvalue weighted by atomic mass is 16.5. The van der Waals surface area contributed by atoms with Crippen LogP contribution in [0.15, 0.2) is 0 Å². The molecule has 0 aliphatic carbocycles. The lowest BCUT2D eigenvalue weighted by Crippen LogP contribution is -2.41. The van der Waals surface area contributed by atoms with Gasteiger partial charge in [-0.25, -0.2) is 4.98 Å². The van der Waals surface area contributed by atoms with E-state index in [1.54, 1.807) is 0 Å². The van der Waals surface area contributed by atoms with Gasteiger partial charge in [0.1, 0.15) is 5.82 Å². The molecule has 2 heterocycles. The van der Waals surface area contributed by atoms with E-state index in [1.165, 1.54) is 0 Å². The molecule has 128 valence electrons. The van der Waals surface area contributed by atoms with Crippen LogP contribution in [-0.4, -0.2) is 46.8 Å². The maximum Gasteiger partial charge on any atom is 0.303 e. The highest BCUT2D eigenvalue weighted by Gasteiger charge is 2.24. The van der Waals surface area contributed by atoms with Gasteiger partial charge >= 0.3 is 5.97 Å². The van der Waals surface area contributed by atoms with Crippen molar-refractivity contribution >= 4 is 17.7 Å². The Morgan fingerprint density at radius 1 is 1.48 bits per heavy atom. The predicted octanol–water partition coefficient (Wildman–Crippen LogP) is 1.78. The van der Waals surface area contributed by atoms with Crippen LogP contribution in [-0.2, 0) is 16.0 Å². The number of hydrogen-bond acceptors (Lipinski definition) is 6. The summed E-state index contributed by atoms with van der Waals surface area (Å²) in [6, 6.07) is 0. The van der Waals surface area contributed by atoms with Gasteiger partial charge in [0.05, 0.1) is 6.10 Å². The summed E-state index contributed by atoms with van der Waals surface area (Å²) in [6.45, 7) is 6.35. The first-order valence-electron chi connectivity index (χ1n) is 8.22. The van der Waals surface area contributed by atoms with Crippen molar-refractivity contribution < 1.29 is 14.6 Å². The van der Waals surface area contributed by atoms with E-state index in [-0.39, 0.29) is 18.5 Å². The second-order valence-corrected chi connectivity index (χ2v) is 5.94. The molecule has 1 atom stereocenters. The molecule has 1 aliphatic rings. The summed E-state index contributed by atoms with van der Waals surface area (Å²) in [5, 5.41) is 8.96. The maximum atomic E-state index is 10.9. The van der Waals surface area contributed by atoms with E-state index in [0.717, 1.165) is 56.0 Å². The maximum absolute atomic E-state index is 10.9. The Kier molecular flexibility index (Phi) is 6.15. The van der Waals surface area contributed by atoms with Gasteiger partial charge in [-0.2, -0.15) is 4.98 Å². The third kappa shape index (κ3) is 4.79. The molecule has 3 N–H and O–H groups in total. The van der Waals surface area contributed by atoms with Crippen molar-refractivity contribution in [2.75, 3.05) is 30.3 Å². The number of ether oxygens (including phenoxy) is 1. The fraction of sp³-hybridized carbons (Fsp3) is 0.688. The van der Waals surface area contributed by atoms with Crippen molar-refractivity contribution in [2.45, 2.75) is 52.1 Å². The molecule has 1 aliphatic heterocycles. The molecule has 0 amide bonds. The molecule has 0 spiro atoms. The van der Waals surface area contributed by atoms with Crippen LogP contribution in [0.3, 0.4) is 0 Å². The number of carboxylic acid groups (broad SMARTS) is 1. The normalized spacial score (nSPS) is 18.2. The van der Waals surface area contributed by atoms with Crippen molar-refractivity contribution in [3.63, 3.8) is 0 Å². The van der Waals surface area contributed by atoms with Gasteiger partial charge in [0.15, 0.2) is 0 Å². The van der Waals surface area contributed by atoms with E-state index in [0.29, 0.717) is 6.42 Å². The van der Waals surface area contributed by atoms with Gasteiger partial charge in [0, 0.05) is 37.4 Å². The number of carboxylic acids is 1. The largest absolute Gasteiger partial charge is 0.481 e. The molecule has 23 heavy (non-hydrogen) atoms. The van der Waals surface area contributed by atoms with E-state index in [2.05, 4.69) is 21.8 Å². The smallest absolute Gasteiger partial charge is 0.303 e. The molecule has 1 unspecified atom stereocenters. The number of aromatic nitrogens is 2. The van der Waals surface area contributed by atoms with E-state index >= 15 is 0 Å². The quantitative estimate of drug-likeness (QED) is 0.789. The summed E-state index contributed by atoms with van der Waals surface area (Å²) in [6.07, 6.45) is 3.72. The number of piperidine rings is 1. The van der Waals surface area contributed by atoms with Gasteiger partial charge in [-0.15, -0.1) is 0 Å². The molecule has 7 nitrogen and oxygen atoms in total. The lowest BCUT2D eigenvalue weighted by molar-refractivity contribution is -0.136. The Balaban J connectivity index is 2.20. The number of nitrogens with zero attached hydrogens (tertiary/aromatic N) is 3. The molecular formula is C16H26N4O3. The average molecular weight is 322 g/mol. The average Bonchev–Trinajstić information content (AvgIpc) is 2.51. The van der Waals surface area contributed by atoms with Crippen molar-refractivity contribution in [3.05, 3.63) is 11.3 Å². The van der Waals surface area contributed by atoms with E-state index in [4.69, 9.17) is 15.6 Å². The van der Waals surface area contributed by atoms with Gasteiger partial charge in [-0.3, -0.25) is 4.79 Å². The minimum absolute atomic E-state index is 0.0602. The van der Waals surface area contributed by atoms with Crippen LogP contribution in [0.25, 0.3) is 0 Å². The summed E-state index contributed by atoms with van der Waals surface area (Å²) >= 11 is 0. The molecular weight excluding hydrogens is 296 g/mol. The van der Waals surface area contributed by atoms with Gasteiger partial charge < -0.3 is 20.5 Å². The SMILES string of the molecule is CCCOC1CCCN(c2nc(N)nc(C)c2CCC(=O)O)C1. The Morgan fingerprint density at radius 3 is 2.96 bits per heavy atom. The Bertz CT molecular complexity index is 550. The minimum atomic E-state index is -0.824. The Labute approximate surface area is 136 Å². The van der Waals surface area contributed by atoms with E-state index in [9.17, 15) is 4.79 Å². The van der Waals surface area contributed by atoms with Crippen molar-refractivity contribution in [2.24, 2.45) is 0 Å². The molecule has 0 radical (unpaired) electrons. The number of rotatable bonds is 7. The molecule has 1 aromatic heterocycles. The number of nitrogen functional groups attached to an aromatic ring is 1. The van der Waals surface area contributed by atoms with Gasteiger partial charge in [-0.1, -0.05) is 6.92 Å². The van der Waals surface area contributed by atoms with Gasteiger partial charge in [0.25, 0.3) is 0 Å². The molecule has 0 bridgehead atoms. The molecule has 1 aromatic rings. The summed E-state index contributed by atoms with van der Waals surface area (Å²) in [5.74, 6) is 0.171. The zero-order valence-corrected chi connectivity index (χ0v) is 13.9.